The Hall–Kier alpha value is -2.32. The highest BCUT2D eigenvalue weighted by Gasteiger charge is 2.18. The Labute approximate surface area is 135 Å². The number of benzene rings is 1. The van der Waals surface area contributed by atoms with Gasteiger partial charge in [0.15, 0.2) is 11.5 Å². The molecule has 128 valence electrons. The minimum Gasteiger partial charge on any atom is -0.406 e. The molecule has 1 aromatic carbocycles. The van der Waals surface area contributed by atoms with E-state index in [9.17, 15) is 14.7 Å². The fourth-order valence-electron chi connectivity index (χ4n) is 1.58. The summed E-state index contributed by atoms with van der Waals surface area (Å²) in [7, 11) is 7.86. The van der Waals surface area contributed by atoms with Crippen LogP contribution in [0.25, 0.3) is 0 Å². The van der Waals surface area contributed by atoms with Crippen LogP contribution in [0.3, 0.4) is 0 Å². The largest absolute Gasteiger partial charge is 0.414 e. The van der Waals surface area contributed by atoms with Gasteiger partial charge in [0.1, 0.15) is 0 Å². The van der Waals surface area contributed by atoms with Crippen molar-refractivity contribution in [2.24, 2.45) is 0 Å². The number of carbonyl (C=O) groups excluding carboxylic acids is 2. The first-order valence-corrected chi connectivity index (χ1v) is 7.01. The molecule has 0 heterocycles. The molecule has 8 heteroatoms. The molecule has 8 nitrogen and oxygen atoms in total. The molecule has 0 aliphatic rings. The molecule has 0 saturated carbocycles. The predicted octanol–water partition coefficient (Wildman–Crippen LogP) is 1.06. The van der Waals surface area contributed by atoms with E-state index < -0.39 is 18.3 Å². The van der Waals surface area contributed by atoms with Crippen molar-refractivity contribution in [1.82, 2.24) is 15.1 Å². The van der Waals surface area contributed by atoms with Gasteiger partial charge in [0.25, 0.3) is 0 Å². The van der Waals surface area contributed by atoms with Crippen molar-refractivity contribution >= 4 is 12.2 Å². The molecule has 0 fully saturated rings. The van der Waals surface area contributed by atoms with Crippen LogP contribution in [-0.4, -0.2) is 68.9 Å². The van der Waals surface area contributed by atoms with E-state index in [1.165, 1.54) is 36.0 Å². The molecule has 1 unspecified atom stereocenters. The summed E-state index contributed by atoms with van der Waals surface area (Å²) in [4.78, 5) is 26.0. The van der Waals surface area contributed by atoms with Gasteiger partial charge in [0.05, 0.1) is 6.10 Å². The molecule has 0 saturated heterocycles. The topological polar surface area (TPSA) is 91.3 Å². The Balaban J connectivity index is 3.12. The van der Waals surface area contributed by atoms with E-state index >= 15 is 0 Å². The lowest BCUT2D eigenvalue weighted by molar-refractivity contribution is 0.159. The maximum Gasteiger partial charge on any atom is 0.414 e. The van der Waals surface area contributed by atoms with Crippen molar-refractivity contribution in [3.05, 3.63) is 23.8 Å². The van der Waals surface area contributed by atoms with Crippen LogP contribution in [0.15, 0.2) is 18.2 Å². The first-order valence-electron chi connectivity index (χ1n) is 7.01. The molecule has 1 aromatic rings. The summed E-state index contributed by atoms with van der Waals surface area (Å²) in [5.41, 5.74) is 0.533. The van der Waals surface area contributed by atoms with Crippen LogP contribution in [0.5, 0.6) is 11.5 Å². The van der Waals surface area contributed by atoms with Crippen molar-refractivity contribution in [1.29, 1.82) is 0 Å². The van der Waals surface area contributed by atoms with E-state index in [4.69, 9.17) is 9.47 Å². The second-order valence-electron chi connectivity index (χ2n) is 5.30. The Morgan fingerprint density at radius 3 is 2.09 bits per heavy atom. The summed E-state index contributed by atoms with van der Waals surface area (Å²) in [6.45, 7) is 0.331. The number of hydrogen-bond donors (Lipinski definition) is 2. The number of amides is 2. The van der Waals surface area contributed by atoms with Gasteiger partial charge in [-0.25, -0.2) is 9.59 Å². The Bertz CT molecular complexity index is 560. The van der Waals surface area contributed by atoms with Crippen molar-refractivity contribution < 1.29 is 24.2 Å². The van der Waals surface area contributed by atoms with Crippen molar-refractivity contribution in [2.45, 2.75) is 6.10 Å². The summed E-state index contributed by atoms with van der Waals surface area (Å²) in [5.74, 6) is 0.158. The zero-order valence-electron chi connectivity index (χ0n) is 14.0. The average Bonchev–Trinajstić information content (AvgIpc) is 2.48. The van der Waals surface area contributed by atoms with Gasteiger partial charge in [-0.05, 0) is 24.7 Å². The number of rotatable bonds is 5. The smallest absolute Gasteiger partial charge is 0.406 e. The second-order valence-corrected chi connectivity index (χ2v) is 5.30. The lowest BCUT2D eigenvalue weighted by Gasteiger charge is -2.18. The third-order valence-corrected chi connectivity index (χ3v) is 2.87. The number of ether oxygens (including phenoxy) is 2. The van der Waals surface area contributed by atoms with Crippen LogP contribution in [-0.2, 0) is 0 Å². The van der Waals surface area contributed by atoms with Crippen molar-refractivity contribution in [2.75, 3.05) is 41.8 Å². The van der Waals surface area contributed by atoms with Gasteiger partial charge in [-0.3, -0.25) is 0 Å². The van der Waals surface area contributed by atoms with E-state index in [0.29, 0.717) is 12.1 Å². The number of aliphatic hydroxyl groups excluding tert-OH is 1. The van der Waals surface area contributed by atoms with E-state index in [1.54, 1.807) is 27.2 Å². The highest BCUT2D eigenvalue weighted by molar-refractivity contribution is 5.74. The molecule has 1 rings (SSSR count). The summed E-state index contributed by atoms with van der Waals surface area (Å²) in [6.07, 6.45) is -2.00. The molecule has 23 heavy (non-hydrogen) atoms. The van der Waals surface area contributed by atoms with Gasteiger partial charge < -0.3 is 29.7 Å². The first kappa shape index (κ1) is 18.7. The minimum absolute atomic E-state index is 0.0616. The van der Waals surface area contributed by atoms with E-state index in [2.05, 4.69) is 5.32 Å². The van der Waals surface area contributed by atoms with Crippen molar-refractivity contribution in [3.63, 3.8) is 0 Å². The van der Waals surface area contributed by atoms with E-state index in [1.807, 2.05) is 0 Å². The van der Waals surface area contributed by atoms with Gasteiger partial charge in [-0.1, -0.05) is 6.07 Å². The van der Waals surface area contributed by atoms with Gasteiger partial charge in [-0.15, -0.1) is 0 Å². The predicted molar refractivity (Wildman–Crippen MR) is 84.8 cm³/mol. The second kappa shape index (κ2) is 8.35. The highest BCUT2D eigenvalue weighted by Crippen LogP contribution is 2.31. The molecular formula is C15H23N3O5. The normalized spacial score (nSPS) is 11.6. The molecule has 2 amide bonds. The summed E-state index contributed by atoms with van der Waals surface area (Å²) >= 11 is 0. The third kappa shape index (κ3) is 5.42. The van der Waals surface area contributed by atoms with Crippen LogP contribution in [0, 0.1) is 0 Å². The summed E-state index contributed by atoms with van der Waals surface area (Å²) < 4.78 is 10.4. The monoisotopic (exact) mass is 325 g/mol. The van der Waals surface area contributed by atoms with Crippen molar-refractivity contribution in [3.8, 4) is 11.5 Å². The number of nitrogens with zero attached hydrogens (tertiary/aromatic N) is 2. The van der Waals surface area contributed by atoms with Gasteiger partial charge in [0, 0.05) is 34.7 Å². The standard InChI is InChI=1S/C15H23N3O5/c1-16-9-11(19)10-6-7-12(22-14(20)17(2)3)13(8-10)23-15(21)18(4)5/h6-8,11,16,19H,9H2,1-5H3. The van der Waals surface area contributed by atoms with Crippen LogP contribution in [0.2, 0.25) is 0 Å². The Kier molecular flexibility index (Phi) is 6.80. The van der Waals surface area contributed by atoms with Crippen LogP contribution in [0.1, 0.15) is 11.7 Å². The maximum atomic E-state index is 11.8. The molecule has 0 spiro atoms. The maximum absolute atomic E-state index is 11.8. The fraction of sp³-hybridized carbons (Fsp3) is 0.467. The SMILES string of the molecule is CNCC(O)c1ccc(OC(=O)N(C)C)c(OC(=O)N(C)C)c1. The molecule has 0 aromatic heterocycles. The molecule has 2 N–H and O–H groups in total. The zero-order chi connectivity index (χ0) is 17.6. The first-order chi connectivity index (χ1) is 10.8. The minimum atomic E-state index is -0.782. The fourth-order valence-corrected chi connectivity index (χ4v) is 1.58. The molecule has 0 bridgehead atoms. The van der Waals surface area contributed by atoms with Crippen LogP contribution < -0.4 is 14.8 Å². The average molecular weight is 325 g/mol. The summed E-state index contributed by atoms with van der Waals surface area (Å²) in [5, 5.41) is 12.9. The molecule has 0 aliphatic carbocycles. The zero-order valence-corrected chi connectivity index (χ0v) is 14.0. The number of aliphatic hydroxyl groups is 1. The van der Waals surface area contributed by atoms with Crippen LogP contribution in [0.4, 0.5) is 9.59 Å². The third-order valence-electron chi connectivity index (χ3n) is 2.87. The van der Waals surface area contributed by atoms with Gasteiger partial charge >= 0.3 is 12.2 Å². The molecule has 0 radical (unpaired) electrons. The van der Waals surface area contributed by atoms with Gasteiger partial charge in [-0.2, -0.15) is 0 Å². The lowest BCUT2D eigenvalue weighted by atomic mass is 10.1. The quantitative estimate of drug-likeness (QED) is 0.841. The Morgan fingerprint density at radius 2 is 1.61 bits per heavy atom. The van der Waals surface area contributed by atoms with Gasteiger partial charge in [0.2, 0.25) is 0 Å². The van der Waals surface area contributed by atoms with E-state index in [0.717, 1.165) is 0 Å². The highest BCUT2D eigenvalue weighted by atomic mass is 16.6. The molecule has 1 atom stereocenters. The van der Waals surface area contributed by atoms with E-state index in [-0.39, 0.29) is 11.5 Å². The van der Waals surface area contributed by atoms with Crippen LogP contribution >= 0.6 is 0 Å². The Morgan fingerprint density at radius 1 is 1.09 bits per heavy atom. The number of nitrogens with one attached hydrogen (secondary N) is 1. The number of hydrogen-bond acceptors (Lipinski definition) is 6. The number of carbonyl (C=O) groups is 2. The summed E-state index contributed by atoms with van der Waals surface area (Å²) in [6, 6.07) is 4.56. The molecular weight excluding hydrogens is 302 g/mol. The lowest BCUT2D eigenvalue weighted by Crippen LogP contribution is -2.27. The molecule has 0 aliphatic heterocycles. The number of likely N-dealkylation sites (N-methyl/N-ethyl adjacent to an activating group) is 1.